The number of nitrogens with two attached hydrogens (primary N) is 1. The number of primary amides is 1. The molecule has 0 bridgehead atoms. The molecule has 13 heteroatoms. The molecular formula is C16H11BrF6N2O3S. The van der Waals surface area contributed by atoms with Crippen LogP contribution < -0.4 is 10.5 Å². The number of carbonyl (C=O) groups is 1. The van der Waals surface area contributed by atoms with Crippen LogP contribution in [0.3, 0.4) is 0 Å². The fraction of sp³-hybridized carbons (Fsp3) is 0.188. The largest absolute Gasteiger partial charge is 0.416 e. The lowest BCUT2D eigenvalue weighted by Gasteiger charge is -2.18. The Kier molecular flexibility index (Phi) is 5.96. The summed E-state index contributed by atoms with van der Waals surface area (Å²) in [5.74, 6) is -1.15. The zero-order valence-electron chi connectivity index (χ0n) is 14.2. The third-order valence-corrected chi connectivity index (χ3v) is 4.59. The number of hydrogen-bond acceptors (Lipinski definition) is 3. The average molecular weight is 505 g/mol. The monoisotopic (exact) mass is 504 g/mol. The third kappa shape index (κ3) is 5.63. The van der Waals surface area contributed by atoms with Crippen molar-refractivity contribution in [1.82, 2.24) is 0 Å². The molecule has 3 N–H and O–H groups in total. The number of nitrogens with one attached hydrogen (secondary N) is 1. The summed E-state index contributed by atoms with van der Waals surface area (Å²) in [5.41, 5.74) is -0.0429. The van der Waals surface area contributed by atoms with Crippen LogP contribution in [0.25, 0.3) is 11.1 Å². The van der Waals surface area contributed by atoms with Crippen LogP contribution >= 0.6 is 15.9 Å². The lowest BCUT2D eigenvalue weighted by molar-refractivity contribution is -0.143. The van der Waals surface area contributed by atoms with Crippen molar-refractivity contribution in [3.05, 3.63) is 51.5 Å². The molecule has 2 rings (SSSR count). The highest BCUT2D eigenvalue weighted by molar-refractivity contribution is 9.10. The van der Waals surface area contributed by atoms with Crippen molar-refractivity contribution in [1.29, 1.82) is 0 Å². The number of halogens is 7. The SMILES string of the molecule is CS(=O)(=O)Nc1c(C(N)=O)cc(Br)cc1-c1cc(C(F)(F)F)cc(C(F)(F)F)c1. The maximum atomic E-state index is 13.1. The highest BCUT2D eigenvalue weighted by atomic mass is 79.9. The second-order valence-electron chi connectivity index (χ2n) is 5.91. The lowest BCUT2D eigenvalue weighted by atomic mass is 9.96. The van der Waals surface area contributed by atoms with Gasteiger partial charge in [-0.3, -0.25) is 9.52 Å². The van der Waals surface area contributed by atoms with Crippen LogP contribution in [0, 0.1) is 0 Å². The highest BCUT2D eigenvalue weighted by Gasteiger charge is 2.37. The number of anilines is 1. The van der Waals surface area contributed by atoms with E-state index in [1.807, 2.05) is 4.72 Å². The number of rotatable bonds is 4. The second kappa shape index (κ2) is 7.52. The quantitative estimate of drug-likeness (QED) is 0.595. The number of alkyl halides is 6. The van der Waals surface area contributed by atoms with Gasteiger partial charge in [-0.2, -0.15) is 26.3 Å². The van der Waals surface area contributed by atoms with E-state index in [0.717, 1.165) is 12.1 Å². The first-order valence-electron chi connectivity index (χ1n) is 7.40. The summed E-state index contributed by atoms with van der Waals surface area (Å²) in [5, 5.41) is 0. The van der Waals surface area contributed by atoms with Gasteiger partial charge in [0.15, 0.2) is 0 Å². The summed E-state index contributed by atoms with van der Waals surface area (Å²) < 4.78 is 104. The van der Waals surface area contributed by atoms with Crippen LogP contribution in [-0.2, 0) is 22.4 Å². The Morgan fingerprint density at radius 2 is 1.45 bits per heavy atom. The van der Waals surface area contributed by atoms with Gasteiger partial charge in [0.05, 0.1) is 28.6 Å². The third-order valence-electron chi connectivity index (χ3n) is 3.55. The van der Waals surface area contributed by atoms with Crippen LogP contribution in [0.2, 0.25) is 0 Å². The first kappa shape index (κ1) is 23.0. The molecular weight excluding hydrogens is 494 g/mol. The van der Waals surface area contributed by atoms with E-state index in [1.54, 1.807) is 0 Å². The first-order valence-corrected chi connectivity index (χ1v) is 10.1. The van der Waals surface area contributed by atoms with Gasteiger partial charge in [-0.05, 0) is 35.9 Å². The number of sulfonamides is 1. The number of carbonyl (C=O) groups excluding carboxylic acids is 1. The summed E-state index contributed by atoms with van der Waals surface area (Å²) >= 11 is 2.98. The first-order chi connectivity index (χ1) is 13.0. The predicted molar refractivity (Wildman–Crippen MR) is 96.6 cm³/mol. The molecule has 0 aliphatic carbocycles. The molecule has 0 aliphatic rings. The van der Waals surface area contributed by atoms with Crippen LogP contribution in [-0.4, -0.2) is 20.6 Å². The number of amides is 1. The molecule has 29 heavy (non-hydrogen) atoms. The van der Waals surface area contributed by atoms with Crippen molar-refractivity contribution in [3.63, 3.8) is 0 Å². The second-order valence-corrected chi connectivity index (χ2v) is 8.57. The Morgan fingerprint density at radius 1 is 0.966 bits per heavy atom. The fourth-order valence-corrected chi connectivity index (χ4v) is 3.48. The van der Waals surface area contributed by atoms with Crippen LogP contribution in [0.1, 0.15) is 21.5 Å². The fourth-order valence-electron chi connectivity index (χ4n) is 2.43. The van der Waals surface area contributed by atoms with Gasteiger partial charge in [-0.25, -0.2) is 8.42 Å². The molecule has 0 heterocycles. The molecule has 0 aliphatic heterocycles. The Morgan fingerprint density at radius 3 is 1.83 bits per heavy atom. The van der Waals surface area contributed by atoms with Crippen molar-refractivity contribution in [2.45, 2.75) is 12.4 Å². The molecule has 0 atom stereocenters. The summed E-state index contributed by atoms with van der Waals surface area (Å²) in [6.07, 6.45) is -9.53. The van der Waals surface area contributed by atoms with Crippen LogP contribution in [0.4, 0.5) is 32.0 Å². The minimum atomic E-state index is -5.11. The van der Waals surface area contributed by atoms with E-state index in [9.17, 15) is 39.6 Å². The van der Waals surface area contributed by atoms with E-state index in [4.69, 9.17) is 5.73 Å². The van der Waals surface area contributed by atoms with Gasteiger partial charge >= 0.3 is 12.4 Å². The van der Waals surface area contributed by atoms with E-state index < -0.39 is 61.8 Å². The Balaban J connectivity index is 2.94. The van der Waals surface area contributed by atoms with Gasteiger partial charge in [-0.1, -0.05) is 15.9 Å². The molecule has 0 spiro atoms. The molecule has 0 fully saturated rings. The normalized spacial score (nSPS) is 12.7. The molecule has 0 saturated carbocycles. The smallest absolute Gasteiger partial charge is 0.366 e. The predicted octanol–water partition coefficient (Wildman–Crippen LogP) is 4.62. The van der Waals surface area contributed by atoms with E-state index in [-0.39, 0.29) is 10.5 Å². The summed E-state index contributed by atoms with van der Waals surface area (Å²) in [4.78, 5) is 11.7. The summed E-state index contributed by atoms with van der Waals surface area (Å²) in [7, 11) is -4.07. The molecule has 0 radical (unpaired) electrons. The zero-order chi connectivity index (χ0) is 22.4. The molecule has 0 unspecified atom stereocenters. The molecule has 5 nitrogen and oxygen atoms in total. The van der Waals surface area contributed by atoms with Gasteiger partial charge < -0.3 is 5.73 Å². The van der Waals surface area contributed by atoms with Crippen LogP contribution in [0.5, 0.6) is 0 Å². The van der Waals surface area contributed by atoms with Crippen molar-refractivity contribution < 1.29 is 39.6 Å². The van der Waals surface area contributed by atoms with Gasteiger partial charge in [0.1, 0.15) is 0 Å². The van der Waals surface area contributed by atoms with Gasteiger partial charge in [0.25, 0.3) is 5.91 Å². The molecule has 0 saturated heterocycles. The summed E-state index contributed by atoms with van der Waals surface area (Å²) in [6, 6.07) is 2.90. The summed E-state index contributed by atoms with van der Waals surface area (Å²) in [6.45, 7) is 0. The maximum absolute atomic E-state index is 13.1. The van der Waals surface area contributed by atoms with Crippen molar-refractivity contribution >= 4 is 37.5 Å². The highest BCUT2D eigenvalue weighted by Crippen LogP contribution is 2.41. The number of hydrogen-bond donors (Lipinski definition) is 2. The zero-order valence-corrected chi connectivity index (χ0v) is 16.6. The topological polar surface area (TPSA) is 89.3 Å². The molecule has 2 aromatic rings. The standard InChI is InChI=1S/C16H11BrF6N2O3S/c1-29(27,28)25-13-11(5-10(17)6-12(13)14(24)26)7-2-8(15(18,19)20)4-9(3-7)16(21,22)23/h2-6,25H,1H3,(H2,24,26). The molecule has 0 aromatic heterocycles. The van der Waals surface area contributed by atoms with E-state index in [0.29, 0.717) is 18.4 Å². The number of benzene rings is 2. The van der Waals surface area contributed by atoms with Crippen molar-refractivity contribution in [2.24, 2.45) is 5.73 Å². The van der Waals surface area contributed by atoms with Gasteiger partial charge in [0.2, 0.25) is 10.0 Å². The Hall–Kier alpha value is -2.28. The molecule has 158 valence electrons. The van der Waals surface area contributed by atoms with Crippen LogP contribution in [0.15, 0.2) is 34.8 Å². The van der Waals surface area contributed by atoms with E-state index in [1.165, 1.54) is 0 Å². The lowest BCUT2D eigenvalue weighted by Crippen LogP contribution is -2.18. The van der Waals surface area contributed by atoms with E-state index >= 15 is 0 Å². The van der Waals surface area contributed by atoms with Gasteiger partial charge in [-0.15, -0.1) is 0 Å². The Labute approximate surface area is 169 Å². The minimum Gasteiger partial charge on any atom is -0.366 e. The van der Waals surface area contributed by atoms with Crippen molar-refractivity contribution in [3.8, 4) is 11.1 Å². The van der Waals surface area contributed by atoms with Crippen molar-refractivity contribution in [2.75, 3.05) is 11.0 Å². The molecule has 1 amide bonds. The average Bonchev–Trinajstić information content (AvgIpc) is 2.52. The Bertz CT molecular complexity index is 1050. The minimum absolute atomic E-state index is 0.0693. The maximum Gasteiger partial charge on any atom is 0.416 e. The molecule has 2 aromatic carbocycles. The van der Waals surface area contributed by atoms with Gasteiger partial charge in [0, 0.05) is 10.0 Å². The van der Waals surface area contributed by atoms with E-state index in [2.05, 4.69) is 15.9 Å².